The molecule has 0 aliphatic rings. The van der Waals surface area contributed by atoms with E-state index in [0.717, 1.165) is 0 Å². The number of rotatable bonds is 9. The van der Waals surface area contributed by atoms with Crippen LogP contribution in [0.1, 0.15) is 71.5 Å². The highest BCUT2D eigenvalue weighted by Crippen LogP contribution is 2.46. The summed E-state index contributed by atoms with van der Waals surface area (Å²) in [5.74, 6) is -6.61. The largest absolute Gasteiger partial charge is 0.504 e. The van der Waals surface area contributed by atoms with Crippen LogP contribution >= 0.6 is 0 Å². The Kier molecular flexibility index (Phi) is 8.39. The van der Waals surface area contributed by atoms with Gasteiger partial charge in [0.1, 0.15) is 0 Å². The van der Waals surface area contributed by atoms with Crippen molar-refractivity contribution in [2.45, 2.75) is 20.3 Å². The molecule has 0 fully saturated rings. The van der Waals surface area contributed by atoms with Gasteiger partial charge in [-0.25, -0.2) is 9.59 Å². The van der Waals surface area contributed by atoms with Gasteiger partial charge in [0.15, 0.2) is 23.1 Å². The number of ether oxygens (including phenoxy) is 2. The van der Waals surface area contributed by atoms with Crippen LogP contribution in [0.4, 0.5) is 0 Å². The van der Waals surface area contributed by atoms with Crippen molar-refractivity contribution in [3.05, 3.63) is 124 Å². The minimum atomic E-state index is -1.11. The summed E-state index contributed by atoms with van der Waals surface area (Å²) < 4.78 is 10.8. The van der Waals surface area contributed by atoms with Crippen molar-refractivity contribution >= 4 is 23.5 Å². The number of phenols is 2. The Morgan fingerprint density at radius 1 is 0.650 bits per heavy atom. The van der Waals surface area contributed by atoms with Gasteiger partial charge in [0, 0.05) is 11.1 Å². The maximum absolute atomic E-state index is 14.0. The summed E-state index contributed by atoms with van der Waals surface area (Å²) in [5.41, 5.74) is -0.914. The van der Waals surface area contributed by atoms with Crippen LogP contribution in [0, 0.1) is 6.92 Å². The van der Waals surface area contributed by atoms with Crippen LogP contribution in [0.2, 0.25) is 0 Å². The van der Waals surface area contributed by atoms with Gasteiger partial charge in [-0.05, 0) is 31.5 Å². The standard InChI is InChI=1S/C32H26O8/c1-3-17-39-32(38)23-24(26(33)20-12-6-4-7-13-20)28(35)29(36)30(40-31(37)21-14-8-5-9-15-21)25(23)27(34)22-16-10-11-19(2)18-22/h4-16,18,35-36H,3,17H2,1-2H3. The molecule has 40 heavy (non-hydrogen) atoms. The van der Waals surface area contributed by atoms with Crippen LogP contribution in [0.25, 0.3) is 0 Å². The van der Waals surface area contributed by atoms with Crippen LogP contribution in [-0.4, -0.2) is 40.3 Å². The van der Waals surface area contributed by atoms with Crippen molar-refractivity contribution in [3.8, 4) is 17.2 Å². The number of hydrogen-bond donors (Lipinski definition) is 2. The highest BCUT2D eigenvalue weighted by atomic mass is 16.5. The molecule has 0 aliphatic heterocycles. The van der Waals surface area contributed by atoms with Gasteiger partial charge in [0.25, 0.3) is 0 Å². The summed E-state index contributed by atoms with van der Waals surface area (Å²) in [4.78, 5) is 54.2. The molecule has 4 rings (SSSR count). The van der Waals surface area contributed by atoms with Crippen LogP contribution in [0.5, 0.6) is 17.2 Å². The summed E-state index contributed by atoms with van der Waals surface area (Å²) in [6.45, 7) is 3.45. The first-order valence-corrected chi connectivity index (χ1v) is 12.5. The van der Waals surface area contributed by atoms with E-state index in [9.17, 15) is 29.4 Å². The highest BCUT2D eigenvalue weighted by Gasteiger charge is 2.37. The maximum Gasteiger partial charge on any atom is 0.343 e. The van der Waals surface area contributed by atoms with Gasteiger partial charge in [-0.2, -0.15) is 0 Å². The number of carbonyl (C=O) groups is 4. The molecule has 8 heteroatoms. The second kappa shape index (κ2) is 12.1. The molecule has 8 nitrogen and oxygen atoms in total. The topological polar surface area (TPSA) is 127 Å². The average molecular weight is 539 g/mol. The van der Waals surface area contributed by atoms with E-state index in [1.165, 1.54) is 36.4 Å². The molecule has 0 radical (unpaired) electrons. The predicted molar refractivity (Wildman–Crippen MR) is 146 cm³/mol. The van der Waals surface area contributed by atoms with E-state index in [4.69, 9.17) is 9.47 Å². The minimum Gasteiger partial charge on any atom is -0.504 e. The number of benzene rings is 4. The fourth-order valence-corrected chi connectivity index (χ4v) is 4.10. The van der Waals surface area contributed by atoms with Crippen LogP contribution in [0.15, 0.2) is 84.9 Å². The second-order valence-electron chi connectivity index (χ2n) is 8.94. The monoisotopic (exact) mass is 538 g/mol. The fraction of sp³-hybridized carbons (Fsp3) is 0.125. The van der Waals surface area contributed by atoms with E-state index < -0.39 is 57.4 Å². The van der Waals surface area contributed by atoms with E-state index in [1.807, 2.05) is 0 Å². The van der Waals surface area contributed by atoms with Crippen LogP contribution in [0.3, 0.4) is 0 Å². The third kappa shape index (κ3) is 5.61. The van der Waals surface area contributed by atoms with Crippen molar-refractivity contribution in [2.24, 2.45) is 0 Å². The van der Waals surface area contributed by atoms with E-state index in [1.54, 1.807) is 62.4 Å². The highest BCUT2D eigenvalue weighted by molar-refractivity contribution is 6.24. The number of phenolic OH excluding ortho intramolecular Hbond substituents is 2. The molecule has 0 heterocycles. The van der Waals surface area contributed by atoms with Gasteiger partial charge in [0.05, 0.1) is 28.9 Å². The summed E-state index contributed by atoms with van der Waals surface area (Å²) in [6, 6.07) is 21.9. The van der Waals surface area contributed by atoms with Crippen molar-refractivity contribution in [3.63, 3.8) is 0 Å². The number of esters is 2. The molecule has 0 saturated carbocycles. The molecule has 0 bridgehead atoms. The summed E-state index contributed by atoms with van der Waals surface area (Å²) in [7, 11) is 0. The lowest BCUT2D eigenvalue weighted by Crippen LogP contribution is -2.22. The summed E-state index contributed by atoms with van der Waals surface area (Å²) >= 11 is 0. The smallest absolute Gasteiger partial charge is 0.343 e. The zero-order chi connectivity index (χ0) is 28.8. The number of aromatic hydroxyl groups is 2. The average Bonchev–Trinajstić information content (AvgIpc) is 2.98. The van der Waals surface area contributed by atoms with Gasteiger partial charge in [0.2, 0.25) is 5.75 Å². The first kappa shape index (κ1) is 27.8. The van der Waals surface area contributed by atoms with Gasteiger partial charge < -0.3 is 19.7 Å². The SMILES string of the molecule is CCCOC(=O)c1c(C(=O)c2ccccc2)c(O)c(O)c(OC(=O)c2ccccc2)c1C(=O)c1cccc(C)c1. The Hall–Kier alpha value is -5.24. The molecular weight excluding hydrogens is 512 g/mol. The van der Waals surface area contributed by atoms with Gasteiger partial charge >= 0.3 is 11.9 Å². The first-order chi connectivity index (χ1) is 19.2. The Morgan fingerprint density at radius 2 is 1.23 bits per heavy atom. The zero-order valence-corrected chi connectivity index (χ0v) is 21.8. The number of carbonyl (C=O) groups excluding carboxylic acids is 4. The molecule has 4 aromatic carbocycles. The third-order valence-electron chi connectivity index (χ3n) is 6.02. The molecule has 4 aromatic rings. The minimum absolute atomic E-state index is 0.0589. The van der Waals surface area contributed by atoms with Crippen molar-refractivity contribution in [1.82, 2.24) is 0 Å². The molecule has 2 N–H and O–H groups in total. The number of hydrogen-bond acceptors (Lipinski definition) is 8. The molecule has 0 amide bonds. The molecule has 0 aliphatic carbocycles. The number of aryl methyl sites for hydroxylation is 1. The van der Waals surface area contributed by atoms with E-state index in [-0.39, 0.29) is 23.3 Å². The Bertz CT molecular complexity index is 1590. The van der Waals surface area contributed by atoms with Gasteiger partial charge in [-0.15, -0.1) is 0 Å². The summed E-state index contributed by atoms with van der Waals surface area (Å²) in [6.07, 6.45) is 0.425. The lowest BCUT2D eigenvalue weighted by atomic mass is 9.88. The van der Waals surface area contributed by atoms with Gasteiger partial charge in [-0.1, -0.05) is 79.2 Å². The predicted octanol–water partition coefficient (Wildman–Crippen LogP) is 5.65. The molecular formula is C32H26O8. The molecule has 202 valence electrons. The van der Waals surface area contributed by atoms with Crippen LogP contribution in [-0.2, 0) is 4.74 Å². The van der Waals surface area contributed by atoms with E-state index >= 15 is 0 Å². The van der Waals surface area contributed by atoms with Crippen molar-refractivity contribution < 1.29 is 38.9 Å². The van der Waals surface area contributed by atoms with Gasteiger partial charge in [-0.3, -0.25) is 9.59 Å². The zero-order valence-electron chi connectivity index (χ0n) is 21.8. The van der Waals surface area contributed by atoms with Crippen LogP contribution < -0.4 is 4.74 Å². The fourth-order valence-electron chi connectivity index (χ4n) is 4.10. The Labute approximate surface area is 230 Å². The third-order valence-corrected chi connectivity index (χ3v) is 6.02. The lowest BCUT2D eigenvalue weighted by molar-refractivity contribution is 0.0496. The summed E-state index contributed by atoms with van der Waals surface area (Å²) in [5, 5.41) is 22.2. The molecule has 0 atom stereocenters. The molecule has 0 aromatic heterocycles. The maximum atomic E-state index is 14.0. The molecule has 0 spiro atoms. The Morgan fingerprint density at radius 3 is 1.82 bits per heavy atom. The number of ketones is 2. The second-order valence-corrected chi connectivity index (χ2v) is 8.94. The van der Waals surface area contributed by atoms with E-state index in [0.29, 0.717) is 12.0 Å². The van der Waals surface area contributed by atoms with Crippen molar-refractivity contribution in [1.29, 1.82) is 0 Å². The Balaban J connectivity index is 2.05. The first-order valence-electron chi connectivity index (χ1n) is 12.5. The van der Waals surface area contributed by atoms with Crippen molar-refractivity contribution in [2.75, 3.05) is 6.61 Å². The quantitative estimate of drug-likeness (QED) is 0.121. The van der Waals surface area contributed by atoms with E-state index in [2.05, 4.69) is 0 Å². The molecule has 0 unspecified atom stereocenters. The normalized spacial score (nSPS) is 10.6. The molecule has 0 saturated heterocycles. The lowest BCUT2D eigenvalue weighted by Gasteiger charge is -2.20.